The molecule has 3 aliphatic rings. The Morgan fingerprint density at radius 2 is 1.73 bits per heavy atom. The van der Waals surface area contributed by atoms with Crippen molar-refractivity contribution in [2.24, 2.45) is 0 Å². The average Bonchev–Trinajstić information content (AvgIpc) is 2.90. The van der Waals surface area contributed by atoms with Gasteiger partial charge in [0.2, 0.25) is 5.91 Å². The number of carbonyl (C=O) groups excluding carboxylic acids is 1. The van der Waals surface area contributed by atoms with E-state index >= 15 is 0 Å². The third-order valence-corrected chi connectivity index (χ3v) is 6.69. The third kappa shape index (κ3) is 3.92. The van der Waals surface area contributed by atoms with Gasteiger partial charge in [0.15, 0.2) is 0 Å². The maximum absolute atomic E-state index is 11.8. The zero-order valence-corrected chi connectivity index (χ0v) is 16.3. The zero-order valence-electron chi connectivity index (χ0n) is 15.6. The van der Waals surface area contributed by atoms with E-state index in [4.69, 9.17) is 16.3 Å². The largest absolute Gasteiger partial charge is 0.375 e. The van der Waals surface area contributed by atoms with E-state index in [1.165, 1.54) is 5.56 Å². The van der Waals surface area contributed by atoms with Gasteiger partial charge in [0.1, 0.15) is 0 Å². The fourth-order valence-electron chi connectivity index (χ4n) is 5.10. The van der Waals surface area contributed by atoms with Crippen molar-refractivity contribution in [2.75, 3.05) is 13.1 Å². The van der Waals surface area contributed by atoms with Crippen LogP contribution in [-0.2, 0) is 16.1 Å². The van der Waals surface area contributed by atoms with Gasteiger partial charge in [-0.15, -0.1) is 0 Å². The van der Waals surface area contributed by atoms with E-state index in [2.05, 4.69) is 21.9 Å². The second-order valence-corrected chi connectivity index (χ2v) is 8.51. The summed E-state index contributed by atoms with van der Waals surface area (Å²) < 4.78 is 6.47. The first-order chi connectivity index (χ1) is 12.6. The summed E-state index contributed by atoms with van der Waals surface area (Å²) in [6.07, 6.45) is 7.24. The number of carbonyl (C=O) groups is 1. The lowest BCUT2D eigenvalue weighted by atomic mass is 9.98. The molecule has 26 heavy (non-hydrogen) atoms. The number of piperidine rings is 2. The van der Waals surface area contributed by atoms with Gasteiger partial charge in [-0.1, -0.05) is 29.8 Å². The Morgan fingerprint density at radius 1 is 1.08 bits per heavy atom. The highest BCUT2D eigenvalue weighted by Crippen LogP contribution is 2.37. The van der Waals surface area contributed by atoms with Crippen LogP contribution in [0.5, 0.6) is 0 Å². The van der Waals surface area contributed by atoms with E-state index in [1.807, 2.05) is 12.1 Å². The molecule has 0 aliphatic carbocycles. The molecular weight excluding hydrogens is 348 g/mol. The first-order valence-electron chi connectivity index (χ1n) is 10.0. The lowest BCUT2D eigenvalue weighted by Crippen LogP contribution is -2.49. The summed E-state index contributed by atoms with van der Waals surface area (Å²) >= 11 is 6.29. The Morgan fingerprint density at radius 3 is 2.35 bits per heavy atom. The number of amides is 1. The minimum Gasteiger partial charge on any atom is -0.375 e. The molecule has 0 radical (unpaired) electrons. The smallest absolute Gasteiger partial charge is 0.219 e. The van der Waals surface area contributed by atoms with Gasteiger partial charge in [-0.05, 0) is 50.2 Å². The Kier molecular flexibility index (Phi) is 5.53. The third-order valence-electron chi connectivity index (χ3n) is 6.32. The number of hydrogen-bond donors (Lipinski definition) is 0. The summed E-state index contributed by atoms with van der Waals surface area (Å²) in [6, 6.07) is 8.95. The molecule has 4 nitrogen and oxygen atoms in total. The molecule has 2 atom stereocenters. The second-order valence-electron chi connectivity index (χ2n) is 8.11. The van der Waals surface area contributed by atoms with Crippen LogP contribution in [0.4, 0.5) is 0 Å². The van der Waals surface area contributed by atoms with Crippen LogP contribution in [0.3, 0.4) is 0 Å². The zero-order chi connectivity index (χ0) is 18.1. The van der Waals surface area contributed by atoms with Crippen LogP contribution in [0.1, 0.15) is 51.0 Å². The number of likely N-dealkylation sites (tertiary alicyclic amines) is 1. The molecule has 2 bridgehead atoms. The number of nitrogens with zero attached hydrogens (tertiary/aromatic N) is 2. The van der Waals surface area contributed by atoms with E-state index in [0.717, 1.165) is 63.2 Å². The predicted octanol–water partition coefficient (Wildman–Crippen LogP) is 3.86. The first kappa shape index (κ1) is 18.3. The van der Waals surface area contributed by atoms with Crippen LogP contribution in [0.15, 0.2) is 24.3 Å². The van der Waals surface area contributed by atoms with E-state index in [9.17, 15) is 4.79 Å². The predicted molar refractivity (Wildman–Crippen MR) is 103 cm³/mol. The number of rotatable bonds is 4. The van der Waals surface area contributed by atoms with Gasteiger partial charge in [0, 0.05) is 43.7 Å². The summed E-state index contributed by atoms with van der Waals surface area (Å²) in [6.45, 7) is 4.76. The lowest BCUT2D eigenvalue weighted by molar-refractivity contribution is -0.138. The monoisotopic (exact) mass is 376 g/mol. The summed E-state index contributed by atoms with van der Waals surface area (Å²) in [5, 5.41) is 0.860. The molecular formula is C21H29ClN2O2. The molecule has 142 valence electrons. The van der Waals surface area contributed by atoms with Crippen LogP contribution in [-0.4, -0.2) is 53.1 Å². The number of benzene rings is 1. The second kappa shape index (κ2) is 7.87. The van der Waals surface area contributed by atoms with Crippen molar-refractivity contribution in [3.63, 3.8) is 0 Å². The first-order valence-corrected chi connectivity index (χ1v) is 10.4. The minimum atomic E-state index is 0.240. The van der Waals surface area contributed by atoms with E-state index in [1.54, 1.807) is 6.92 Å². The molecule has 3 saturated heterocycles. The molecule has 3 heterocycles. The molecule has 1 amide bonds. The van der Waals surface area contributed by atoms with E-state index in [0.29, 0.717) is 24.3 Å². The Bertz CT molecular complexity index is 631. The van der Waals surface area contributed by atoms with Gasteiger partial charge in [-0.25, -0.2) is 0 Å². The number of ether oxygens (including phenoxy) is 1. The van der Waals surface area contributed by atoms with Crippen molar-refractivity contribution < 1.29 is 9.53 Å². The average molecular weight is 377 g/mol. The molecule has 1 aromatic carbocycles. The van der Waals surface area contributed by atoms with Crippen molar-refractivity contribution in [3.05, 3.63) is 34.9 Å². The summed E-state index contributed by atoms with van der Waals surface area (Å²) in [5.41, 5.74) is 1.21. The van der Waals surface area contributed by atoms with Crippen molar-refractivity contribution in [1.29, 1.82) is 0 Å². The van der Waals surface area contributed by atoms with E-state index in [-0.39, 0.29) is 5.91 Å². The normalized spacial score (nSPS) is 29.9. The summed E-state index contributed by atoms with van der Waals surface area (Å²) in [7, 11) is 0. The number of hydrogen-bond acceptors (Lipinski definition) is 3. The quantitative estimate of drug-likeness (QED) is 0.799. The molecule has 0 spiro atoms. The maximum atomic E-state index is 11.8. The standard InChI is InChI=1S/C21H29ClN2O2/c1-15(25)24-17-6-7-18(24)13-20(12-17)26-19-8-10-23(11-9-19)14-16-4-2-3-5-21(16)22/h2-5,17-20H,6-14H2,1H3. The van der Waals surface area contributed by atoms with Gasteiger partial charge < -0.3 is 9.64 Å². The molecule has 5 heteroatoms. The molecule has 0 aromatic heterocycles. The van der Waals surface area contributed by atoms with Gasteiger partial charge in [0.05, 0.1) is 12.2 Å². The van der Waals surface area contributed by atoms with Gasteiger partial charge >= 0.3 is 0 Å². The van der Waals surface area contributed by atoms with Crippen LogP contribution >= 0.6 is 11.6 Å². The molecule has 0 N–H and O–H groups in total. The maximum Gasteiger partial charge on any atom is 0.219 e. The van der Waals surface area contributed by atoms with Crippen molar-refractivity contribution in [1.82, 2.24) is 9.80 Å². The highest BCUT2D eigenvalue weighted by atomic mass is 35.5. The molecule has 1 aromatic rings. The highest BCUT2D eigenvalue weighted by molar-refractivity contribution is 6.31. The lowest BCUT2D eigenvalue weighted by Gasteiger charge is -2.41. The molecule has 0 saturated carbocycles. The van der Waals surface area contributed by atoms with Crippen LogP contribution in [0, 0.1) is 0 Å². The van der Waals surface area contributed by atoms with Crippen molar-refractivity contribution >= 4 is 17.5 Å². The van der Waals surface area contributed by atoms with Crippen LogP contribution < -0.4 is 0 Å². The number of halogens is 1. The Balaban J connectivity index is 1.25. The van der Waals surface area contributed by atoms with Crippen molar-refractivity contribution in [3.8, 4) is 0 Å². The van der Waals surface area contributed by atoms with Gasteiger partial charge in [-0.2, -0.15) is 0 Å². The van der Waals surface area contributed by atoms with Crippen LogP contribution in [0.2, 0.25) is 5.02 Å². The number of fused-ring (bicyclic) bond motifs is 2. The molecule has 3 fully saturated rings. The molecule has 2 unspecified atom stereocenters. The van der Waals surface area contributed by atoms with Gasteiger partial charge in [-0.3, -0.25) is 9.69 Å². The fraction of sp³-hybridized carbons (Fsp3) is 0.667. The molecule has 3 aliphatic heterocycles. The Hall–Kier alpha value is -1.10. The molecule has 4 rings (SSSR count). The highest BCUT2D eigenvalue weighted by Gasteiger charge is 2.43. The summed E-state index contributed by atoms with van der Waals surface area (Å²) in [4.78, 5) is 16.4. The topological polar surface area (TPSA) is 32.8 Å². The van der Waals surface area contributed by atoms with Crippen molar-refractivity contribution in [2.45, 2.75) is 76.3 Å². The fourth-order valence-corrected chi connectivity index (χ4v) is 5.29. The summed E-state index contributed by atoms with van der Waals surface area (Å²) in [5.74, 6) is 0.240. The SMILES string of the molecule is CC(=O)N1C2CCC1CC(OC1CCN(Cc3ccccc3Cl)CC1)C2. The van der Waals surface area contributed by atoms with Crippen LogP contribution in [0.25, 0.3) is 0 Å². The van der Waals surface area contributed by atoms with E-state index < -0.39 is 0 Å². The van der Waals surface area contributed by atoms with Gasteiger partial charge in [0.25, 0.3) is 0 Å². The Labute approximate surface area is 161 Å². The minimum absolute atomic E-state index is 0.240.